The van der Waals surface area contributed by atoms with Crippen LogP contribution in [0.2, 0.25) is 0 Å². The van der Waals surface area contributed by atoms with Crippen molar-refractivity contribution >= 4 is 17.0 Å². The van der Waals surface area contributed by atoms with Gasteiger partial charge in [-0.2, -0.15) is 0 Å². The van der Waals surface area contributed by atoms with Crippen LogP contribution in [0.3, 0.4) is 0 Å². The van der Waals surface area contributed by atoms with Crippen molar-refractivity contribution in [2.45, 2.75) is 25.8 Å². The Morgan fingerprint density at radius 3 is 2.80 bits per heavy atom. The Kier molecular flexibility index (Phi) is 8.33. The molecule has 2 nitrogen and oxygen atoms in total. The lowest BCUT2D eigenvalue weighted by molar-refractivity contribution is 0.221. The largest absolute Gasteiger partial charge is 0.329 e. The van der Waals surface area contributed by atoms with Gasteiger partial charge in [0.1, 0.15) is 0 Å². The van der Waals surface area contributed by atoms with E-state index >= 15 is 0 Å². The molecule has 20 heavy (non-hydrogen) atoms. The number of carbonyl (C=O) groups excluding carboxylic acids is 1. The fourth-order valence-electron chi connectivity index (χ4n) is 1.71. The van der Waals surface area contributed by atoms with E-state index in [-0.39, 0.29) is 5.24 Å². The first-order chi connectivity index (χ1) is 9.77. The lowest BCUT2D eigenvalue weighted by Crippen LogP contribution is -2.28. The standard InChI is InChI=1S/C17H21NOS/c1-3-5-10-14-20-17(19)18(13-6-4-2)15-16-11-8-7-9-12-16/h1,4,7-9,11-12H,2,5-6,10,13-15H2. The Labute approximate surface area is 126 Å². The summed E-state index contributed by atoms with van der Waals surface area (Å²) >= 11 is 1.35. The van der Waals surface area contributed by atoms with Gasteiger partial charge in [-0.15, -0.1) is 18.9 Å². The highest BCUT2D eigenvalue weighted by molar-refractivity contribution is 8.13. The molecule has 0 spiro atoms. The molecule has 1 aromatic rings. The van der Waals surface area contributed by atoms with Crippen LogP contribution in [0.1, 0.15) is 24.8 Å². The van der Waals surface area contributed by atoms with Crippen molar-refractivity contribution in [3.8, 4) is 12.3 Å². The van der Waals surface area contributed by atoms with Gasteiger partial charge in [-0.25, -0.2) is 0 Å². The van der Waals surface area contributed by atoms with E-state index in [0.29, 0.717) is 13.1 Å². The van der Waals surface area contributed by atoms with Gasteiger partial charge in [0, 0.05) is 25.3 Å². The van der Waals surface area contributed by atoms with Gasteiger partial charge in [0.25, 0.3) is 5.24 Å². The van der Waals surface area contributed by atoms with Gasteiger partial charge in [0.15, 0.2) is 0 Å². The molecule has 0 unspecified atom stereocenters. The lowest BCUT2D eigenvalue weighted by Gasteiger charge is -2.21. The zero-order valence-corrected chi connectivity index (χ0v) is 12.6. The molecule has 0 atom stereocenters. The van der Waals surface area contributed by atoms with E-state index in [2.05, 4.69) is 12.5 Å². The number of thioether (sulfide) groups is 1. The maximum absolute atomic E-state index is 12.2. The second kappa shape index (κ2) is 10.2. The Balaban J connectivity index is 2.52. The molecule has 0 aromatic heterocycles. The van der Waals surface area contributed by atoms with Crippen LogP contribution >= 0.6 is 11.8 Å². The average Bonchev–Trinajstić information content (AvgIpc) is 2.48. The summed E-state index contributed by atoms with van der Waals surface area (Å²) < 4.78 is 0. The molecule has 1 rings (SSSR count). The van der Waals surface area contributed by atoms with E-state index in [0.717, 1.165) is 30.6 Å². The second-order valence-corrected chi connectivity index (χ2v) is 5.45. The highest BCUT2D eigenvalue weighted by atomic mass is 32.2. The Morgan fingerprint density at radius 2 is 2.15 bits per heavy atom. The minimum atomic E-state index is 0.118. The van der Waals surface area contributed by atoms with Gasteiger partial charge in [-0.3, -0.25) is 4.79 Å². The molecule has 0 saturated carbocycles. The predicted molar refractivity (Wildman–Crippen MR) is 87.6 cm³/mol. The third kappa shape index (κ3) is 6.49. The van der Waals surface area contributed by atoms with Gasteiger partial charge in [-0.05, 0) is 18.4 Å². The summed E-state index contributed by atoms with van der Waals surface area (Å²) in [6.45, 7) is 5.07. The van der Waals surface area contributed by atoms with E-state index in [9.17, 15) is 4.79 Å². The molecule has 3 heteroatoms. The molecule has 0 saturated heterocycles. The molecule has 0 radical (unpaired) electrons. The number of terminal acetylenes is 1. The van der Waals surface area contributed by atoms with Crippen LogP contribution in [0.15, 0.2) is 43.0 Å². The summed E-state index contributed by atoms with van der Waals surface area (Å²) in [5.74, 6) is 3.37. The Hall–Kier alpha value is -1.66. The van der Waals surface area contributed by atoms with Crippen molar-refractivity contribution in [3.05, 3.63) is 48.6 Å². The maximum Gasteiger partial charge on any atom is 0.281 e. The van der Waals surface area contributed by atoms with E-state index in [1.807, 2.05) is 41.3 Å². The zero-order valence-electron chi connectivity index (χ0n) is 11.8. The van der Waals surface area contributed by atoms with E-state index in [1.165, 1.54) is 11.8 Å². The van der Waals surface area contributed by atoms with Gasteiger partial charge in [0.05, 0.1) is 0 Å². The SMILES string of the molecule is C#CCCCSC(=O)N(CCC=C)Cc1ccccc1. The monoisotopic (exact) mass is 287 g/mol. The number of hydrogen-bond acceptors (Lipinski definition) is 2. The first-order valence-corrected chi connectivity index (χ1v) is 7.76. The summed E-state index contributed by atoms with van der Waals surface area (Å²) in [7, 11) is 0. The number of nitrogens with zero attached hydrogens (tertiary/aromatic N) is 1. The summed E-state index contributed by atoms with van der Waals surface area (Å²) in [4.78, 5) is 14.1. The fourth-order valence-corrected chi connectivity index (χ4v) is 2.51. The zero-order chi connectivity index (χ0) is 14.6. The van der Waals surface area contributed by atoms with Gasteiger partial charge >= 0.3 is 0 Å². The second-order valence-electron chi connectivity index (χ2n) is 4.41. The quantitative estimate of drug-likeness (QED) is 0.403. The molecule has 0 heterocycles. The molecule has 1 amide bonds. The molecular weight excluding hydrogens is 266 g/mol. The molecular formula is C17H21NOS. The minimum Gasteiger partial charge on any atom is -0.329 e. The normalized spacial score (nSPS) is 9.75. The number of unbranched alkanes of at least 4 members (excludes halogenated alkanes) is 1. The predicted octanol–water partition coefficient (Wildman–Crippen LogP) is 4.33. The van der Waals surface area contributed by atoms with Gasteiger partial charge in [0.2, 0.25) is 0 Å². The van der Waals surface area contributed by atoms with Crippen molar-refractivity contribution in [2.24, 2.45) is 0 Å². The lowest BCUT2D eigenvalue weighted by atomic mass is 10.2. The molecule has 0 aliphatic heterocycles. The number of hydrogen-bond donors (Lipinski definition) is 0. The average molecular weight is 287 g/mol. The van der Waals surface area contributed by atoms with Crippen LogP contribution < -0.4 is 0 Å². The third-order valence-electron chi connectivity index (χ3n) is 2.77. The Morgan fingerprint density at radius 1 is 1.40 bits per heavy atom. The summed E-state index contributed by atoms with van der Waals surface area (Å²) in [5, 5.41) is 0.118. The van der Waals surface area contributed by atoms with Crippen molar-refractivity contribution in [1.82, 2.24) is 4.90 Å². The van der Waals surface area contributed by atoms with Crippen LogP contribution in [0.5, 0.6) is 0 Å². The molecule has 0 aliphatic carbocycles. The summed E-state index contributed by atoms with van der Waals surface area (Å²) in [5.41, 5.74) is 1.15. The number of carbonyl (C=O) groups is 1. The van der Waals surface area contributed by atoms with Crippen LogP contribution in [0.4, 0.5) is 4.79 Å². The topological polar surface area (TPSA) is 20.3 Å². The van der Waals surface area contributed by atoms with Crippen molar-refractivity contribution in [1.29, 1.82) is 0 Å². The van der Waals surface area contributed by atoms with Crippen molar-refractivity contribution in [3.63, 3.8) is 0 Å². The van der Waals surface area contributed by atoms with Crippen LogP contribution in [0, 0.1) is 12.3 Å². The number of amides is 1. The summed E-state index contributed by atoms with van der Waals surface area (Å²) in [6.07, 6.45) is 9.47. The van der Waals surface area contributed by atoms with Crippen molar-refractivity contribution in [2.75, 3.05) is 12.3 Å². The van der Waals surface area contributed by atoms with Crippen molar-refractivity contribution < 1.29 is 4.79 Å². The summed E-state index contributed by atoms with van der Waals surface area (Å²) in [6, 6.07) is 10.0. The molecule has 1 aromatic carbocycles. The smallest absolute Gasteiger partial charge is 0.281 e. The van der Waals surface area contributed by atoms with Crippen LogP contribution in [-0.2, 0) is 6.54 Å². The Bertz CT molecular complexity index is 450. The fraction of sp³-hybridized carbons (Fsp3) is 0.353. The maximum atomic E-state index is 12.2. The first kappa shape index (κ1) is 16.4. The number of benzene rings is 1. The van der Waals surface area contributed by atoms with E-state index in [4.69, 9.17) is 6.42 Å². The van der Waals surface area contributed by atoms with Gasteiger partial charge in [-0.1, -0.05) is 48.2 Å². The minimum absolute atomic E-state index is 0.118. The highest BCUT2D eigenvalue weighted by Crippen LogP contribution is 2.15. The third-order valence-corrected chi connectivity index (χ3v) is 3.77. The van der Waals surface area contributed by atoms with E-state index < -0.39 is 0 Å². The molecule has 0 fully saturated rings. The van der Waals surface area contributed by atoms with Gasteiger partial charge < -0.3 is 4.90 Å². The molecule has 0 aliphatic rings. The first-order valence-electron chi connectivity index (χ1n) is 6.78. The molecule has 0 bridgehead atoms. The molecule has 106 valence electrons. The van der Waals surface area contributed by atoms with Crippen LogP contribution in [-0.4, -0.2) is 22.4 Å². The number of rotatable bonds is 8. The van der Waals surface area contributed by atoms with E-state index in [1.54, 1.807) is 0 Å². The highest BCUT2D eigenvalue weighted by Gasteiger charge is 2.13. The molecule has 0 N–H and O–H groups in total. The van der Waals surface area contributed by atoms with Crippen LogP contribution in [0.25, 0.3) is 0 Å².